The first kappa shape index (κ1) is 18.8. The third-order valence-corrected chi connectivity index (χ3v) is 9.91. The van der Waals surface area contributed by atoms with Crippen molar-refractivity contribution in [1.29, 1.82) is 0 Å². The molecular formula is C14H28NO3PSi2. The largest absolute Gasteiger partial charge is 0.350 e. The van der Waals surface area contributed by atoms with Crippen molar-refractivity contribution in [1.82, 2.24) is 0 Å². The molecule has 2 N–H and O–H groups in total. The van der Waals surface area contributed by atoms with Gasteiger partial charge in [0.05, 0.1) is 0 Å². The highest BCUT2D eigenvalue weighted by Crippen LogP contribution is 2.56. The summed E-state index contributed by atoms with van der Waals surface area (Å²) >= 11 is 0. The van der Waals surface area contributed by atoms with Crippen molar-refractivity contribution in [3.8, 4) is 0 Å². The molecule has 21 heavy (non-hydrogen) atoms. The van der Waals surface area contributed by atoms with Crippen molar-refractivity contribution in [3.05, 3.63) is 35.9 Å². The van der Waals surface area contributed by atoms with Crippen LogP contribution in [0.1, 0.15) is 5.56 Å². The van der Waals surface area contributed by atoms with Crippen molar-refractivity contribution < 1.29 is 13.0 Å². The summed E-state index contributed by atoms with van der Waals surface area (Å²) in [7, 11) is -7.35. The molecule has 1 atom stereocenters. The van der Waals surface area contributed by atoms with E-state index in [1.807, 2.05) is 69.6 Å². The lowest BCUT2D eigenvalue weighted by Crippen LogP contribution is -2.37. The zero-order valence-electron chi connectivity index (χ0n) is 13.9. The van der Waals surface area contributed by atoms with Crippen molar-refractivity contribution in [2.75, 3.05) is 0 Å². The van der Waals surface area contributed by atoms with E-state index in [9.17, 15) is 4.57 Å². The first-order chi connectivity index (χ1) is 9.41. The molecule has 0 spiro atoms. The van der Waals surface area contributed by atoms with E-state index in [0.29, 0.717) is 6.42 Å². The van der Waals surface area contributed by atoms with Crippen molar-refractivity contribution in [2.45, 2.75) is 51.5 Å². The van der Waals surface area contributed by atoms with Crippen molar-refractivity contribution >= 4 is 24.2 Å². The lowest BCUT2D eigenvalue weighted by molar-refractivity contribution is 0.368. The topological polar surface area (TPSA) is 61.5 Å². The summed E-state index contributed by atoms with van der Waals surface area (Å²) in [6.45, 7) is 12.0. The molecule has 1 aromatic rings. The molecule has 7 heteroatoms. The van der Waals surface area contributed by atoms with Gasteiger partial charge in [-0.2, -0.15) is 0 Å². The standard InChI is InChI=1S/C14H28NO3PSi2/c1-20(2,3)17-19(16,18-21(4,5)6)14(15)12-13-10-8-7-9-11-13/h7-11,14H,12,15H2,1-6H3. The Morgan fingerprint density at radius 1 is 1.00 bits per heavy atom. The van der Waals surface area contributed by atoms with Crippen LogP contribution >= 0.6 is 7.60 Å². The minimum Gasteiger partial charge on any atom is -0.350 e. The zero-order chi connectivity index (χ0) is 16.3. The van der Waals surface area contributed by atoms with Gasteiger partial charge in [-0.1, -0.05) is 30.3 Å². The molecule has 120 valence electrons. The van der Waals surface area contributed by atoms with Gasteiger partial charge in [0.25, 0.3) is 0 Å². The van der Waals surface area contributed by atoms with Crippen molar-refractivity contribution in [3.63, 3.8) is 0 Å². The number of hydrogen-bond donors (Lipinski definition) is 1. The number of nitrogens with two attached hydrogens (primary N) is 1. The lowest BCUT2D eigenvalue weighted by Gasteiger charge is -2.34. The van der Waals surface area contributed by atoms with Crippen LogP contribution in [0.2, 0.25) is 39.3 Å². The van der Waals surface area contributed by atoms with Gasteiger partial charge >= 0.3 is 7.60 Å². The molecule has 1 aromatic carbocycles. The predicted molar refractivity (Wildman–Crippen MR) is 94.6 cm³/mol. The highest BCUT2D eigenvalue weighted by atomic mass is 31.2. The Morgan fingerprint density at radius 2 is 1.43 bits per heavy atom. The molecular weight excluding hydrogens is 317 g/mol. The molecule has 0 aromatic heterocycles. The fourth-order valence-corrected chi connectivity index (χ4v) is 9.99. The summed E-state index contributed by atoms with van der Waals surface area (Å²) in [5.74, 6) is -0.627. The van der Waals surface area contributed by atoms with Crippen LogP contribution in [-0.2, 0) is 19.4 Å². The molecule has 0 saturated heterocycles. The maximum Gasteiger partial charge on any atom is 0.328 e. The maximum absolute atomic E-state index is 13.2. The van der Waals surface area contributed by atoms with E-state index in [2.05, 4.69) is 0 Å². The molecule has 0 aliphatic rings. The van der Waals surface area contributed by atoms with Crippen LogP contribution in [0.3, 0.4) is 0 Å². The van der Waals surface area contributed by atoms with Crippen LogP contribution in [0.5, 0.6) is 0 Å². The summed E-state index contributed by atoms with van der Waals surface area (Å²) in [6.07, 6.45) is 0.493. The molecule has 0 radical (unpaired) electrons. The Hall–Kier alpha value is -0.236. The van der Waals surface area contributed by atoms with Crippen LogP contribution in [0.15, 0.2) is 30.3 Å². The van der Waals surface area contributed by atoms with E-state index >= 15 is 0 Å². The smallest absolute Gasteiger partial charge is 0.328 e. The first-order valence-corrected chi connectivity index (χ1v) is 15.6. The first-order valence-electron chi connectivity index (χ1n) is 7.22. The molecule has 0 aliphatic heterocycles. The Morgan fingerprint density at radius 3 is 1.81 bits per heavy atom. The third kappa shape index (κ3) is 7.04. The summed E-state index contributed by atoms with van der Waals surface area (Å²) in [6, 6.07) is 9.81. The van der Waals surface area contributed by atoms with Gasteiger partial charge in [-0.05, 0) is 51.3 Å². The van der Waals surface area contributed by atoms with Crippen molar-refractivity contribution in [2.24, 2.45) is 5.73 Å². The highest BCUT2D eigenvalue weighted by molar-refractivity contribution is 7.57. The van der Waals surface area contributed by atoms with E-state index in [-0.39, 0.29) is 0 Å². The van der Waals surface area contributed by atoms with E-state index in [1.165, 1.54) is 0 Å². The Kier molecular flexibility index (Phi) is 6.18. The van der Waals surface area contributed by atoms with E-state index < -0.39 is 30.0 Å². The van der Waals surface area contributed by atoms with Crippen LogP contribution in [0, 0.1) is 0 Å². The molecule has 1 unspecified atom stereocenters. The molecule has 0 amide bonds. The second-order valence-electron chi connectivity index (χ2n) is 7.20. The van der Waals surface area contributed by atoms with Crippen LogP contribution in [-0.4, -0.2) is 22.4 Å². The fraction of sp³-hybridized carbons (Fsp3) is 0.571. The second-order valence-corrected chi connectivity index (χ2v) is 18.9. The average Bonchev–Trinajstić information content (AvgIpc) is 2.24. The Balaban J connectivity index is 2.97. The van der Waals surface area contributed by atoms with Crippen LogP contribution < -0.4 is 5.73 Å². The van der Waals surface area contributed by atoms with Crippen LogP contribution in [0.25, 0.3) is 0 Å². The van der Waals surface area contributed by atoms with Gasteiger partial charge in [-0.3, -0.25) is 4.57 Å². The minimum atomic E-state index is -3.32. The summed E-state index contributed by atoms with van der Waals surface area (Å²) < 4.78 is 25.1. The third-order valence-electron chi connectivity index (χ3n) is 2.50. The van der Waals surface area contributed by atoms with Gasteiger partial charge in [0, 0.05) is 0 Å². The van der Waals surface area contributed by atoms with E-state index in [4.69, 9.17) is 14.2 Å². The molecule has 0 aliphatic carbocycles. The highest BCUT2D eigenvalue weighted by Gasteiger charge is 2.41. The molecule has 4 nitrogen and oxygen atoms in total. The van der Waals surface area contributed by atoms with Gasteiger partial charge in [-0.15, -0.1) is 0 Å². The normalized spacial score (nSPS) is 15.0. The number of benzene rings is 1. The van der Waals surface area contributed by atoms with Gasteiger partial charge in [0.15, 0.2) is 16.6 Å². The number of rotatable bonds is 7. The predicted octanol–water partition coefficient (Wildman–Crippen LogP) is 4.41. The van der Waals surface area contributed by atoms with Gasteiger partial charge in [0.2, 0.25) is 0 Å². The molecule has 0 fully saturated rings. The molecule has 0 saturated carbocycles. The second kappa shape index (κ2) is 6.90. The fourth-order valence-electron chi connectivity index (χ4n) is 1.88. The number of hydrogen-bond acceptors (Lipinski definition) is 4. The molecule has 0 heterocycles. The summed E-state index contributed by atoms with van der Waals surface area (Å²) in [4.78, 5) is 0. The summed E-state index contributed by atoms with van der Waals surface area (Å²) in [5.41, 5.74) is 7.27. The Labute approximate surface area is 130 Å². The molecule has 0 bridgehead atoms. The minimum absolute atomic E-state index is 0.493. The average molecular weight is 346 g/mol. The van der Waals surface area contributed by atoms with Gasteiger partial charge < -0.3 is 14.2 Å². The van der Waals surface area contributed by atoms with E-state index in [0.717, 1.165) is 5.56 Å². The van der Waals surface area contributed by atoms with Gasteiger partial charge in [0.1, 0.15) is 5.78 Å². The monoisotopic (exact) mass is 345 g/mol. The summed E-state index contributed by atoms with van der Waals surface area (Å²) in [5, 5.41) is 0. The maximum atomic E-state index is 13.2. The lowest BCUT2D eigenvalue weighted by atomic mass is 10.2. The SMILES string of the molecule is C[Si](C)(C)OP(=O)(O[Si](C)(C)C)C(N)Cc1ccccc1. The quantitative estimate of drug-likeness (QED) is 0.587. The zero-order valence-corrected chi connectivity index (χ0v) is 16.8. The van der Waals surface area contributed by atoms with Crippen LogP contribution in [0.4, 0.5) is 0 Å². The van der Waals surface area contributed by atoms with E-state index in [1.54, 1.807) is 0 Å². The molecule has 1 rings (SSSR count). The van der Waals surface area contributed by atoms with Gasteiger partial charge in [-0.25, -0.2) is 0 Å². The Bertz CT molecular complexity index is 477.